The summed E-state index contributed by atoms with van der Waals surface area (Å²) < 4.78 is 1.30. The Hall–Kier alpha value is -1.88. The molecular formula is C13H12N2O2S. The topological polar surface area (TPSA) is 52.0 Å². The standard InChI is InChI=1S/C13H12N2O2S/c1-18-11-5-3-10(4-6-11)12(16)9-15-8-2-7-14-13(15)17/h2-8H,9H2,1H3. The highest BCUT2D eigenvalue weighted by Gasteiger charge is 2.07. The number of rotatable bonds is 4. The van der Waals surface area contributed by atoms with Gasteiger partial charge >= 0.3 is 5.69 Å². The molecule has 1 aromatic carbocycles. The van der Waals surface area contributed by atoms with Crippen LogP contribution in [-0.2, 0) is 6.54 Å². The van der Waals surface area contributed by atoms with E-state index in [9.17, 15) is 9.59 Å². The van der Waals surface area contributed by atoms with Crippen molar-refractivity contribution >= 4 is 17.5 Å². The molecule has 18 heavy (non-hydrogen) atoms. The van der Waals surface area contributed by atoms with E-state index in [1.54, 1.807) is 36.2 Å². The molecule has 0 radical (unpaired) electrons. The van der Waals surface area contributed by atoms with E-state index >= 15 is 0 Å². The Labute approximate surface area is 109 Å². The van der Waals surface area contributed by atoms with Crippen molar-refractivity contribution in [2.24, 2.45) is 0 Å². The van der Waals surface area contributed by atoms with Crippen molar-refractivity contribution in [2.45, 2.75) is 11.4 Å². The minimum Gasteiger partial charge on any atom is -0.292 e. The molecule has 0 spiro atoms. The molecule has 0 aliphatic rings. The van der Waals surface area contributed by atoms with Crippen LogP contribution in [0.2, 0.25) is 0 Å². The summed E-state index contributed by atoms with van der Waals surface area (Å²) in [5.41, 5.74) is 0.190. The Kier molecular flexibility index (Phi) is 3.94. The minimum absolute atomic E-state index is 0.0191. The Balaban J connectivity index is 2.17. The molecule has 0 fully saturated rings. The van der Waals surface area contributed by atoms with Gasteiger partial charge in [-0.05, 0) is 24.5 Å². The second-order valence-corrected chi connectivity index (χ2v) is 4.56. The molecule has 0 saturated carbocycles. The van der Waals surface area contributed by atoms with Crippen LogP contribution in [0.5, 0.6) is 0 Å². The van der Waals surface area contributed by atoms with Crippen LogP contribution in [0.4, 0.5) is 0 Å². The summed E-state index contributed by atoms with van der Waals surface area (Å²) in [7, 11) is 0. The van der Waals surface area contributed by atoms with Crippen molar-refractivity contribution in [3.8, 4) is 0 Å². The number of carbonyl (C=O) groups excluding carboxylic acids is 1. The largest absolute Gasteiger partial charge is 0.347 e. The van der Waals surface area contributed by atoms with E-state index in [0.29, 0.717) is 5.56 Å². The Morgan fingerprint density at radius 3 is 2.67 bits per heavy atom. The fourth-order valence-electron chi connectivity index (χ4n) is 1.53. The molecule has 4 nitrogen and oxygen atoms in total. The second-order valence-electron chi connectivity index (χ2n) is 3.68. The molecule has 5 heteroatoms. The van der Waals surface area contributed by atoms with Gasteiger partial charge in [0.15, 0.2) is 5.78 Å². The predicted octanol–water partition coefficient (Wildman–Crippen LogP) is 1.85. The number of ketones is 1. The average Bonchev–Trinajstić information content (AvgIpc) is 2.41. The molecule has 92 valence electrons. The zero-order valence-corrected chi connectivity index (χ0v) is 10.7. The highest BCUT2D eigenvalue weighted by molar-refractivity contribution is 7.98. The van der Waals surface area contributed by atoms with Gasteiger partial charge in [-0.3, -0.25) is 9.36 Å². The summed E-state index contributed by atoms with van der Waals surface area (Å²) in [6, 6.07) is 8.96. The number of Topliss-reactive ketones (excluding diaryl/α,β-unsaturated/α-hetero) is 1. The van der Waals surface area contributed by atoms with Gasteiger partial charge in [0, 0.05) is 22.9 Å². The van der Waals surface area contributed by atoms with Crippen LogP contribution in [0, 0.1) is 0 Å². The van der Waals surface area contributed by atoms with Crippen LogP contribution in [0.25, 0.3) is 0 Å². The summed E-state index contributed by atoms with van der Waals surface area (Å²) in [6.45, 7) is 0.0191. The van der Waals surface area contributed by atoms with Crippen LogP contribution in [0.3, 0.4) is 0 Å². The molecule has 0 saturated heterocycles. The number of aromatic nitrogens is 2. The summed E-state index contributed by atoms with van der Waals surface area (Å²) in [4.78, 5) is 28.1. The van der Waals surface area contributed by atoms with Crippen molar-refractivity contribution in [1.82, 2.24) is 9.55 Å². The van der Waals surface area contributed by atoms with Crippen molar-refractivity contribution in [1.29, 1.82) is 0 Å². The number of hydrogen-bond donors (Lipinski definition) is 0. The minimum atomic E-state index is -0.411. The highest BCUT2D eigenvalue weighted by atomic mass is 32.2. The number of hydrogen-bond acceptors (Lipinski definition) is 4. The van der Waals surface area contributed by atoms with Crippen LogP contribution >= 0.6 is 11.8 Å². The Morgan fingerprint density at radius 2 is 2.06 bits per heavy atom. The fraction of sp³-hybridized carbons (Fsp3) is 0.154. The number of nitrogens with zero attached hydrogens (tertiary/aromatic N) is 2. The van der Waals surface area contributed by atoms with Gasteiger partial charge in [-0.25, -0.2) is 9.78 Å². The van der Waals surface area contributed by atoms with Gasteiger partial charge in [-0.1, -0.05) is 12.1 Å². The lowest BCUT2D eigenvalue weighted by Crippen LogP contribution is -2.25. The summed E-state index contributed by atoms with van der Waals surface area (Å²) in [5.74, 6) is -0.0993. The molecule has 1 heterocycles. The third-order valence-corrected chi connectivity index (χ3v) is 3.25. The maximum absolute atomic E-state index is 12.0. The van der Waals surface area contributed by atoms with E-state index < -0.39 is 5.69 Å². The number of thioether (sulfide) groups is 1. The lowest BCUT2D eigenvalue weighted by atomic mass is 10.1. The van der Waals surface area contributed by atoms with Gasteiger partial charge in [-0.15, -0.1) is 11.8 Å². The number of carbonyl (C=O) groups is 1. The van der Waals surface area contributed by atoms with Crippen molar-refractivity contribution in [2.75, 3.05) is 6.26 Å². The third-order valence-electron chi connectivity index (χ3n) is 2.51. The van der Waals surface area contributed by atoms with Crippen molar-refractivity contribution in [3.05, 3.63) is 58.8 Å². The first kappa shape index (κ1) is 12.6. The molecule has 0 amide bonds. The van der Waals surface area contributed by atoms with Gasteiger partial charge in [-0.2, -0.15) is 0 Å². The smallest absolute Gasteiger partial charge is 0.292 e. The van der Waals surface area contributed by atoms with E-state index in [-0.39, 0.29) is 12.3 Å². The molecule has 2 rings (SSSR count). The summed E-state index contributed by atoms with van der Waals surface area (Å²) in [5, 5.41) is 0. The molecule has 0 aliphatic heterocycles. The van der Waals surface area contributed by atoms with Gasteiger partial charge in [0.05, 0.1) is 6.54 Å². The molecule has 1 aromatic heterocycles. The monoisotopic (exact) mass is 260 g/mol. The average molecular weight is 260 g/mol. The van der Waals surface area contributed by atoms with E-state index in [1.165, 1.54) is 10.8 Å². The SMILES string of the molecule is CSc1ccc(C(=O)Cn2cccnc2=O)cc1. The fourth-order valence-corrected chi connectivity index (χ4v) is 1.94. The van der Waals surface area contributed by atoms with Gasteiger partial charge < -0.3 is 0 Å². The zero-order chi connectivity index (χ0) is 13.0. The second kappa shape index (κ2) is 5.64. The molecule has 0 unspecified atom stereocenters. The molecule has 0 N–H and O–H groups in total. The molecule has 0 atom stereocenters. The number of benzene rings is 1. The van der Waals surface area contributed by atoms with Gasteiger partial charge in [0.2, 0.25) is 0 Å². The van der Waals surface area contributed by atoms with Crippen LogP contribution in [0.15, 0.2) is 52.4 Å². The maximum atomic E-state index is 12.0. The van der Waals surface area contributed by atoms with Crippen molar-refractivity contribution in [3.63, 3.8) is 0 Å². The lowest BCUT2D eigenvalue weighted by molar-refractivity contribution is 0.0970. The van der Waals surface area contributed by atoms with E-state index in [2.05, 4.69) is 4.98 Å². The normalized spacial score (nSPS) is 10.3. The van der Waals surface area contributed by atoms with E-state index in [0.717, 1.165) is 4.90 Å². The predicted molar refractivity (Wildman–Crippen MR) is 71.1 cm³/mol. The zero-order valence-electron chi connectivity index (χ0n) is 9.87. The van der Waals surface area contributed by atoms with Crippen LogP contribution < -0.4 is 5.69 Å². The van der Waals surface area contributed by atoms with Crippen LogP contribution in [-0.4, -0.2) is 21.6 Å². The molecular weight excluding hydrogens is 248 g/mol. The van der Waals surface area contributed by atoms with Crippen molar-refractivity contribution < 1.29 is 4.79 Å². The Morgan fingerprint density at radius 1 is 1.33 bits per heavy atom. The highest BCUT2D eigenvalue weighted by Crippen LogP contribution is 2.15. The first-order valence-electron chi connectivity index (χ1n) is 5.39. The first-order chi connectivity index (χ1) is 8.70. The molecule has 0 bridgehead atoms. The van der Waals surface area contributed by atoms with Gasteiger partial charge in [0.25, 0.3) is 0 Å². The molecule has 0 aliphatic carbocycles. The summed E-state index contributed by atoms with van der Waals surface area (Å²) >= 11 is 1.62. The van der Waals surface area contributed by atoms with Gasteiger partial charge in [0.1, 0.15) is 0 Å². The first-order valence-corrected chi connectivity index (χ1v) is 6.62. The Bertz CT molecular complexity index is 605. The van der Waals surface area contributed by atoms with Crippen LogP contribution in [0.1, 0.15) is 10.4 Å². The third kappa shape index (κ3) is 2.87. The summed E-state index contributed by atoms with van der Waals surface area (Å²) in [6.07, 6.45) is 4.95. The van der Waals surface area contributed by atoms with E-state index in [1.807, 2.05) is 18.4 Å². The maximum Gasteiger partial charge on any atom is 0.347 e. The lowest BCUT2D eigenvalue weighted by Gasteiger charge is -2.04. The quantitative estimate of drug-likeness (QED) is 0.622. The molecule has 2 aromatic rings. The van der Waals surface area contributed by atoms with E-state index in [4.69, 9.17) is 0 Å².